The molecule has 0 fully saturated rings. The van der Waals surface area contributed by atoms with Crippen molar-refractivity contribution in [3.8, 4) is 17.2 Å². The molecule has 0 amide bonds. The van der Waals surface area contributed by atoms with Crippen LogP contribution in [-0.2, 0) is 5.88 Å². The Morgan fingerprint density at radius 2 is 2.22 bits per heavy atom. The van der Waals surface area contributed by atoms with Gasteiger partial charge in [0.1, 0.15) is 11.6 Å². The Morgan fingerprint density at radius 3 is 2.83 bits per heavy atom. The molecule has 6 heteroatoms. The van der Waals surface area contributed by atoms with E-state index in [0.717, 1.165) is 22.2 Å². The summed E-state index contributed by atoms with van der Waals surface area (Å²) in [6.07, 6.45) is 0.969. The molecule has 0 aliphatic carbocycles. The molecule has 0 saturated carbocycles. The summed E-state index contributed by atoms with van der Waals surface area (Å²) in [4.78, 5) is 0. The van der Waals surface area contributed by atoms with E-state index in [2.05, 4.69) is 33.1 Å². The van der Waals surface area contributed by atoms with E-state index in [9.17, 15) is 0 Å². The van der Waals surface area contributed by atoms with Crippen LogP contribution in [0, 0.1) is 0 Å². The molecule has 0 N–H and O–H groups in total. The summed E-state index contributed by atoms with van der Waals surface area (Å²) in [5, 5.41) is 7.75. The Balaban J connectivity index is 2.22. The van der Waals surface area contributed by atoms with Crippen LogP contribution in [-0.4, -0.2) is 16.8 Å². The number of aromatic nitrogens is 2. The highest BCUT2D eigenvalue weighted by atomic mass is 79.9. The highest BCUT2D eigenvalue weighted by Gasteiger charge is 2.10. The molecule has 0 atom stereocenters. The maximum Gasteiger partial charge on any atom is 0.247 e. The average Bonchev–Trinajstić information content (AvgIpc) is 2.86. The molecule has 2 rings (SSSR count). The number of alkyl halides is 1. The van der Waals surface area contributed by atoms with Gasteiger partial charge >= 0.3 is 0 Å². The minimum Gasteiger partial charge on any atom is -0.492 e. The number of hydrogen-bond acceptors (Lipinski definition) is 4. The summed E-state index contributed by atoms with van der Waals surface area (Å²) < 4.78 is 11.8. The lowest BCUT2D eigenvalue weighted by molar-refractivity contribution is 0.315. The molecule has 4 nitrogen and oxygen atoms in total. The maximum atomic E-state index is 5.62. The minimum absolute atomic E-state index is 0.214. The van der Waals surface area contributed by atoms with E-state index in [1.54, 1.807) is 0 Å². The van der Waals surface area contributed by atoms with E-state index in [1.165, 1.54) is 0 Å². The molecule has 96 valence electrons. The molecule has 0 spiro atoms. The van der Waals surface area contributed by atoms with Crippen LogP contribution in [0.4, 0.5) is 0 Å². The first-order valence-electron chi connectivity index (χ1n) is 5.55. The third kappa shape index (κ3) is 3.03. The van der Waals surface area contributed by atoms with Crippen molar-refractivity contribution in [3.05, 3.63) is 28.6 Å². The van der Waals surface area contributed by atoms with Crippen LogP contribution >= 0.6 is 27.5 Å². The van der Waals surface area contributed by atoms with Gasteiger partial charge in [-0.05, 0) is 40.5 Å². The van der Waals surface area contributed by atoms with E-state index in [4.69, 9.17) is 20.8 Å². The zero-order chi connectivity index (χ0) is 13.0. The van der Waals surface area contributed by atoms with Gasteiger partial charge in [0.05, 0.1) is 11.1 Å². The van der Waals surface area contributed by atoms with Crippen LogP contribution in [0.2, 0.25) is 0 Å². The van der Waals surface area contributed by atoms with Crippen LogP contribution in [0.15, 0.2) is 27.1 Å². The molecule has 1 aromatic carbocycles. The zero-order valence-corrected chi connectivity index (χ0v) is 12.2. The van der Waals surface area contributed by atoms with Crippen molar-refractivity contribution >= 4 is 27.5 Å². The summed E-state index contributed by atoms with van der Waals surface area (Å²) in [5.41, 5.74) is 0.828. The molecule has 0 aliphatic rings. The number of ether oxygens (including phenoxy) is 1. The van der Waals surface area contributed by atoms with Crippen molar-refractivity contribution in [3.63, 3.8) is 0 Å². The summed E-state index contributed by atoms with van der Waals surface area (Å²) in [7, 11) is 0. The Labute approximate surface area is 118 Å². The molecule has 0 radical (unpaired) electrons. The molecular formula is C12H12BrClN2O2. The third-order valence-electron chi connectivity index (χ3n) is 2.22. The SMILES string of the molecule is CCCOc1ccc(-c2nnc(CCl)o2)cc1Br. The van der Waals surface area contributed by atoms with Gasteiger partial charge in [0, 0.05) is 5.56 Å². The number of halogens is 2. The molecule has 0 aliphatic heterocycles. The largest absolute Gasteiger partial charge is 0.492 e. The quantitative estimate of drug-likeness (QED) is 0.776. The summed E-state index contributed by atoms with van der Waals surface area (Å²) in [5.74, 6) is 1.88. The number of hydrogen-bond donors (Lipinski definition) is 0. The van der Waals surface area contributed by atoms with Crippen LogP contribution in [0.5, 0.6) is 5.75 Å². The van der Waals surface area contributed by atoms with Crippen molar-refractivity contribution in [1.82, 2.24) is 10.2 Å². The monoisotopic (exact) mass is 330 g/mol. The van der Waals surface area contributed by atoms with Crippen LogP contribution in [0.1, 0.15) is 19.2 Å². The maximum absolute atomic E-state index is 5.62. The Kier molecular flexibility index (Phi) is 4.60. The van der Waals surface area contributed by atoms with Gasteiger partial charge in [-0.25, -0.2) is 0 Å². The first-order chi connectivity index (χ1) is 8.74. The van der Waals surface area contributed by atoms with Crippen LogP contribution in [0.3, 0.4) is 0 Å². The summed E-state index contributed by atoms with van der Waals surface area (Å²) >= 11 is 9.07. The lowest BCUT2D eigenvalue weighted by Crippen LogP contribution is -1.95. The summed E-state index contributed by atoms with van der Waals surface area (Å²) in [6.45, 7) is 2.75. The van der Waals surface area contributed by atoms with E-state index in [0.29, 0.717) is 18.4 Å². The van der Waals surface area contributed by atoms with Crippen molar-refractivity contribution in [2.45, 2.75) is 19.2 Å². The first-order valence-corrected chi connectivity index (χ1v) is 6.88. The number of rotatable bonds is 5. The van der Waals surface area contributed by atoms with Gasteiger partial charge < -0.3 is 9.15 Å². The van der Waals surface area contributed by atoms with Crippen LogP contribution in [0.25, 0.3) is 11.5 Å². The van der Waals surface area contributed by atoms with Crippen LogP contribution < -0.4 is 4.74 Å². The molecule has 2 aromatic rings. The lowest BCUT2D eigenvalue weighted by atomic mass is 10.2. The van der Waals surface area contributed by atoms with E-state index in [1.807, 2.05) is 18.2 Å². The molecule has 18 heavy (non-hydrogen) atoms. The molecular weight excluding hydrogens is 320 g/mol. The van der Waals surface area contributed by atoms with Gasteiger partial charge in [0.2, 0.25) is 11.8 Å². The zero-order valence-electron chi connectivity index (χ0n) is 9.82. The predicted molar refractivity (Wildman–Crippen MR) is 72.8 cm³/mol. The van der Waals surface area contributed by atoms with Gasteiger partial charge in [0.15, 0.2) is 0 Å². The second kappa shape index (κ2) is 6.20. The average molecular weight is 332 g/mol. The smallest absolute Gasteiger partial charge is 0.247 e. The molecule has 0 bridgehead atoms. The Bertz CT molecular complexity index is 531. The molecule has 1 aromatic heterocycles. The van der Waals surface area contributed by atoms with Crippen molar-refractivity contribution < 1.29 is 9.15 Å². The molecule has 0 unspecified atom stereocenters. The normalized spacial score (nSPS) is 10.6. The fourth-order valence-corrected chi connectivity index (χ4v) is 1.99. The number of benzene rings is 1. The van der Waals surface area contributed by atoms with E-state index >= 15 is 0 Å². The topological polar surface area (TPSA) is 48.2 Å². The highest BCUT2D eigenvalue weighted by Crippen LogP contribution is 2.30. The van der Waals surface area contributed by atoms with Gasteiger partial charge in [-0.2, -0.15) is 0 Å². The first kappa shape index (κ1) is 13.4. The number of nitrogens with zero attached hydrogens (tertiary/aromatic N) is 2. The second-order valence-corrected chi connectivity index (χ2v) is 4.75. The Hall–Kier alpha value is -1.07. The second-order valence-electron chi connectivity index (χ2n) is 3.63. The van der Waals surface area contributed by atoms with Crippen molar-refractivity contribution in [1.29, 1.82) is 0 Å². The van der Waals surface area contributed by atoms with Gasteiger partial charge in [0.25, 0.3) is 0 Å². The standard InChI is InChI=1S/C12H12BrClN2O2/c1-2-5-17-10-4-3-8(6-9(10)13)12-16-15-11(7-14)18-12/h3-4,6H,2,5,7H2,1H3. The summed E-state index contributed by atoms with van der Waals surface area (Å²) in [6, 6.07) is 5.64. The van der Waals surface area contributed by atoms with Gasteiger partial charge in [-0.15, -0.1) is 21.8 Å². The highest BCUT2D eigenvalue weighted by molar-refractivity contribution is 9.10. The van der Waals surface area contributed by atoms with Crippen molar-refractivity contribution in [2.75, 3.05) is 6.61 Å². The molecule has 0 saturated heterocycles. The minimum atomic E-state index is 0.214. The van der Waals surface area contributed by atoms with E-state index < -0.39 is 0 Å². The van der Waals surface area contributed by atoms with Crippen molar-refractivity contribution in [2.24, 2.45) is 0 Å². The molecule has 1 heterocycles. The lowest BCUT2D eigenvalue weighted by Gasteiger charge is -2.07. The van der Waals surface area contributed by atoms with Gasteiger partial charge in [-0.1, -0.05) is 6.92 Å². The third-order valence-corrected chi connectivity index (χ3v) is 3.07. The van der Waals surface area contributed by atoms with Gasteiger partial charge in [-0.3, -0.25) is 0 Å². The Morgan fingerprint density at radius 1 is 1.39 bits per heavy atom. The fraction of sp³-hybridized carbons (Fsp3) is 0.333. The van der Waals surface area contributed by atoms with E-state index in [-0.39, 0.29) is 5.88 Å². The predicted octanol–water partition coefficient (Wildman–Crippen LogP) is 4.03. The fourth-order valence-electron chi connectivity index (χ4n) is 1.39.